The van der Waals surface area contributed by atoms with Crippen molar-refractivity contribution in [2.24, 2.45) is 17.8 Å². The van der Waals surface area contributed by atoms with Gasteiger partial charge in [-0.15, -0.1) is 0 Å². The smallest absolute Gasteiger partial charge is 0.292 e. The number of hydrogen-bond acceptors (Lipinski definition) is 2. The van der Waals surface area contributed by atoms with Gasteiger partial charge in [-0.2, -0.15) is 0 Å². The summed E-state index contributed by atoms with van der Waals surface area (Å²) in [4.78, 5) is 30.0. The lowest BCUT2D eigenvalue weighted by Crippen LogP contribution is -3.33. The molecule has 1 aromatic rings. The predicted octanol–water partition coefficient (Wildman–Crippen LogP) is 0.210. The van der Waals surface area contributed by atoms with E-state index >= 15 is 0 Å². The van der Waals surface area contributed by atoms with Crippen LogP contribution in [0.1, 0.15) is 44.9 Å². The Morgan fingerprint density at radius 1 is 0.867 bits per heavy atom. The molecule has 7 rings (SSSR count). The molecule has 6 heteroatoms. The standard InChI is InChI=1S/C24H30FN3O2/c25-19-1-3-20(4-2-19)28-22(29)12-21(23(28)30)26-5-7-27(8-6-26)24-13-16-9-17(14-24)11-18(10-16)15-24/h1-4,16-18,21H,5-15H2/p+2/t16?,17?,18?,21-,24?/m0/s1. The van der Waals surface area contributed by atoms with Crippen molar-refractivity contribution in [3.63, 3.8) is 0 Å². The zero-order valence-electron chi connectivity index (χ0n) is 17.5. The monoisotopic (exact) mass is 413 g/mol. The number of anilines is 1. The number of rotatable bonds is 3. The number of benzene rings is 1. The first-order valence-electron chi connectivity index (χ1n) is 11.8. The summed E-state index contributed by atoms with van der Waals surface area (Å²) in [5.41, 5.74) is 1.00. The lowest BCUT2D eigenvalue weighted by molar-refractivity contribution is -1.05. The highest BCUT2D eigenvalue weighted by molar-refractivity contribution is 6.21. The lowest BCUT2D eigenvalue weighted by Gasteiger charge is -2.58. The van der Waals surface area contributed by atoms with Gasteiger partial charge in [-0.05, 0) is 61.3 Å². The number of hydrogen-bond donors (Lipinski definition) is 2. The number of carbonyl (C=O) groups is 2. The van der Waals surface area contributed by atoms with Crippen LogP contribution in [0.5, 0.6) is 0 Å². The Labute approximate surface area is 177 Å². The second kappa shape index (κ2) is 6.86. The van der Waals surface area contributed by atoms with Crippen molar-refractivity contribution in [1.82, 2.24) is 0 Å². The summed E-state index contributed by atoms with van der Waals surface area (Å²) < 4.78 is 13.2. The van der Waals surface area contributed by atoms with E-state index in [1.807, 2.05) is 0 Å². The van der Waals surface area contributed by atoms with Gasteiger partial charge in [-0.1, -0.05) is 0 Å². The second-order valence-electron chi connectivity index (χ2n) is 10.8. The van der Waals surface area contributed by atoms with Gasteiger partial charge in [0, 0.05) is 19.3 Å². The molecule has 2 amide bonds. The van der Waals surface area contributed by atoms with E-state index in [2.05, 4.69) is 0 Å². The molecule has 0 radical (unpaired) electrons. The first-order chi connectivity index (χ1) is 14.5. The molecule has 0 spiro atoms. The summed E-state index contributed by atoms with van der Waals surface area (Å²) in [6.45, 7) is 4.18. The van der Waals surface area contributed by atoms with Gasteiger partial charge in [0.1, 0.15) is 32.0 Å². The number of amides is 2. The molecule has 4 aliphatic carbocycles. The zero-order chi connectivity index (χ0) is 20.5. The van der Waals surface area contributed by atoms with Gasteiger partial charge in [0.2, 0.25) is 5.91 Å². The quantitative estimate of drug-likeness (QED) is 0.696. The van der Waals surface area contributed by atoms with Crippen LogP contribution in [0.4, 0.5) is 10.1 Å². The molecule has 4 bridgehead atoms. The van der Waals surface area contributed by atoms with Crippen molar-refractivity contribution >= 4 is 17.5 Å². The van der Waals surface area contributed by atoms with Crippen LogP contribution in [0.25, 0.3) is 0 Å². The Hall–Kier alpha value is -1.79. The van der Waals surface area contributed by atoms with Crippen molar-refractivity contribution in [1.29, 1.82) is 0 Å². The van der Waals surface area contributed by atoms with Crippen LogP contribution in [0.2, 0.25) is 0 Å². The fourth-order valence-electron chi connectivity index (χ4n) is 8.11. The number of nitrogens with one attached hydrogen (secondary N) is 2. The van der Waals surface area contributed by atoms with E-state index in [1.165, 1.54) is 72.6 Å². The van der Waals surface area contributed by atoms with Gasteiger partial charge in [0.25, 0.3) is 5.91 Å². The van der Waals surface area contributed by atoms with E-state index in [0.29, 0.717) is 11.2 Å². The molecule has 2 heterocycles. The first kappa shape index (κ1) is 18.9. The maximum atomic E-state index is 13.2. The molecular formula is C24H32FN3O2+2. The molecule has 0 unspecified atom stereocenters. The molecule has 5 nitrogen and oxygen atoms in total. The van der Waals surface area contributed by atoms with E-state index < -0.39 is 0 Å². The highest BCUT2D eigenvalue weighted by atomic mass is 19.1. The van der Waals surface area contributed by atoms with Crippen molar-refractivity contribution in [3.8, 4) is 0 Å². The van der Waals surface area contributed by atoms with E-state index in [9.17, 15) is 14.0 Å². The SMILES string of the molecule is O=C1C[C@H]([NH+]2CC[NH+](C34CC5CC(CC(C5)C3)C4)CC2)C(=O)N1c1ccc(F)cc1. The number of nitrogens with zero attached hydrogens (tertiary/aromatic N) is 1. The first-order valence-corrected chi connectivity index (χ1v) is 11.8. The van der Waals surface area contributed by atoms with Crippen LogP contribution < -0.4 is 14.7 Å². The normalized spacial score (nSPS) is 42.9. The molecule has 2 N–H and O–H groups in total. The van der Waals surface area contributed by atoms with Gasteiger partial charge in [0.15, 0.2) is 6.04 Å². The number of piperazine rings is 1. The maximum absolute atomic E-state index is 13.2. The van der Waals surface area contributed by atoms with Gasteiger partial charge < -0.3 is 9.80 Å². The van der Waals surface area contributed by atoms with Crippen LogP contribution >= 0.6 is 0 Å². The molecule has 0 aromatic heterocycles. The highest BCUT2D eigenvalue weighted by Crippen LogP contribution is 2.54. The molecule has 4 saturated carbocycles. The van der Waals surface area contributed by atoms with Gasteiger partial charge in [-0.25, -0.2) is 9.29 Å². The predicted molar refractivity (Wildman–Crippen MR) is 110 cm³/mol. The molecular weight excluding hydrogens is 381 g/mol. The highest BCUT2D eigenvalue weighted by Gasteiger charge is 2.57. The molecule has 1 atom stereocenters. The summed E-state index contributed by atoms with van der Waals surface area (Å²) in [5.74, 6) is 2.27. The van der Waals surface area contributed by atoms with Crippen molar-refractivity contribution in [2.75, 3.05) is 31.1 Å². The molecule has 1 aromatic carbocycles. The zero-order valence-corrected chi connectivity index (χ0v) is 17.5. The summed E-state index contributed by atoms with van der Waals surface area (Å²) in [6.07, 6.45) is 8.96. The van der Waals surface area contributed by atoms with E-state index in [4.69, 9.17) is 0 Å². The minimum absolute atomic E-state index is 0.111. The Balaban J connectivity index is 1.13. The molecule has 6 aliphatic rings. The van der Waals surface area contributed by atoms with E-state index in [1.54, 1.807) is 4.90 Å². The number of carbonyl (C=O) groups excluding carboxylic acids is 2. The summed E-state index contributed by atoms with van der Waals surface area (Å²) in [7, 11) is 0. The van der Waals surface area contributed by atoms with Crippen LogP contribution in [0.3, 0.4) is 0 Å². The van der Waals surface area contributed by atoms with Crippen molar-refractivity contribution < 1.29 is 23.8 Å². The Bertz CT molecular complexity index is 826. The Morgan fingerprint density at radius 2 is 1.43 bits per heavy atom. The molecule has 2 aliphatic heterocycles. The Kier molecular flexibility index (Phi) is 4.33. The third-order valence-electron chi connectivity index (χ3n) is 9.01. The molecule has 6 fully saturated rings. The van der Waals surface area contributed by atoms with Gasteiger partial charge in [0.05, 0.1) is 17.6 Å². The minimum Gasteiger partial charge on any atom is -0.321 e. The van der Waals surface area contributed by atoms with Crippen LogP contribution in [-0.4, -0.2) is 49.6 Å². The Morgan fingerprint density at radius 3 is 2.00 bits per heavy atom. The van der Waals surface area contributed by atoms with Gasteiger partial charge >= 0.3 is 0 Å². The summed E-state index contributed by atoms with van der Waals surface area (Å²) >= 11 is 0. The van der Waals surface area contributed by atoms with Crippen LogP contribution in [0.15, 0.2) is 24.3 Å². The van der Waals surface area contributed by atoms with Crippen LogP contribution in [-0.2, 0) is 9.59 Å². The summed E-state index contributed by atoms with van der Waals surface area (Å²) in [6, 6.07) is 5.39. The average Bonchev–Trinajstić information content (AvgIpc) is 3.02. The molecule has 160 valence electrons. The second-order valence-corrected chi connectivity index (χ2v) is 10.8. The maximum Gasteiger partial charge on any atom is 0.292 e. The minimum atomic E-state index is -0.358. The van der Waals surface area contributed by atoms with E-state index in [-0.39, 0.29) is 30.1 Å². The van der Waals surface area contributed by atoms with E-state index in [0.717, 1.165) is 43.9 Å². The largest absolute Gasteiger partial charge is 0.321 e. The van der Waals surface area contributed by atoms with Crippen LogP contribution in [0, 0.1) is 23.6 Å². The lowest BCUT2D eigenvalue weighted by atomic mass is 9.52. The van der Waals surface area contributed by atoms with Crippen molar-refractivity contribution in [2.45, 2.75) is 56.5 Å². The average molecular weight is 414 g/mol. The third kappa shape index (κ3) is 2.94. The third-order valence-corrected chi connectivity index (χ3v) is 9.01. The summed E-state index contributed by atoms with van der Waals surface area (Å²) in [5, 5.41) is 0. The fraction of sp³-hybridized carbons (Fsp3) is 0.667. The molecule has 2 saturated heterocycles. The molecule has 30 heavy (non-hydrogen) atoms. The van der Waals surface area contributed by atoms with Crippen molar-refractivity contribution in [3.05, 3.63) is 30.1 Å². The number of quaternary nitrogens is 2. The number of halogens is 1. The fourth-order valence-corrected chi connectivity index (χ4v) is 8.11. The number of imide groups is 1. The van der Waals surface area contributed by atoms with Gasteiger partial charge in [-0.3, -0.25) is 9.59 Å². The topological polar surface area (TPSA) is 46.3 Å².